The van der Waals surface area contributed by atoms with Crippen molar-refractivity contribution in [3.8, 4) is 10.4 Å². The highest BCUT2D eigenvalue weighted by Gasteiger charge is 2.44. The van der Waals surface area contributed by atoms with Gasteiger partial charge in [-0.1, -0.05) is 52.0 Å². The van der Waals surface area contributed by atoms with Gasteiger partial charge in [-0.3, -0.25) is 19.2 Å². The predicted octanol–water partition coefficient (Wildman–Crippen LogP) is 2.31. The Hall–Kier alpha value is -3.31. The maximum absolute atomic E-state index is 13.6. The number of rotatable bonds is 9. The first-order chi connectivity index (χ1) is 18.3. The smallest absolute Gasteiger partial charge is 0.246 e. The first-order valence-corrected chi connectivity index (χ1v) is 14.0. The summed E-state index contributed by atoms with van der Waals surface area (Å²) in [6.07, 6.45) is -0.602. The van der Waals surface area contributed by atoms with Crippen LogP contribution in [0.5, 0.6) is 0 Å². The summed E-state index contributed by atoms with van der Waals surface area (Å²) in [7, 11) is 1.53. The lowest BCUT2D eigenvalue weighted by molar-refractivity contribution is -0.144. The molecular weight excluding hydrogens is 518 g/mol. The quantitative estimate of drug-likeness (QED) is 0.373. The molecule has 4 atom stereocenters. The number of thiazole rings is 1. The van der Waals surface area contributed by atoms with Crippen molar-refractivity contribution < 1.29 is 24.3 Å². The Balaban J connectivity index is 1.84. The minimum atomic E-state index is -0.942. The Labute approximate surface area is 233 Å². The summed E-state index contributed by atoms with van der Waals surface area (Å²) in [6, 6.07) is 5.13. The SMILES string of the molecule is CCC(=O)N[C@H](C(=O)N1C[C@H](O)C[C@H]1C(=O)N[C@@H](CC(=O)NC)c1ccc(-c2scnc2C)cc1)C(C)(C)C. The number of nitrogens with one attached hydrogen (secondary N) is 3. The van der Waals surface area contributed by atoms with Crippen molar-refractivity contribution in [3.05, 3.63) is 41.0 Å². The van der Waals surface area contributed by atoms with Gasteiger partial charge in [0.2, 0.25) is 23.6 Å². The van der Waals surface area contributed by atoms with Crippen LogP contribution in [0.4, 0.5) is 0 Å². The number of aliphatic hydroxyl groups excluding tert-OH is 1. The third kappa shape index (κ3) is 7.42. The van der Waals surface area contributed by atoms with Gasteiger partial charge >= 0.3 is 0 Å². The Bertz CT molecular complexity index is 1190. The van der Waals surface area contributed by atoms with E-state index in [1.165, 1.54) is 23.3 Å². The van der Waals surface area contributed by atoms with E-state index in [0.717, 1.165) is 21.7 Å². The molecule has 1 aliphatic rings. The van der Waals surface area contributed by atoms with Crippen molar-refractivity contribution in [1.82, 2.24) is 25.8 Å². The number of carbonyl (C=O) groups excluding carboxylic acids is 4. The average molecular weight is 558 g/mol. The van der Waals surface area contributed by atoms with E-state index >= 15 is 0 Å². The van der Waals surface area contributed by atoms with Gasteiger partial charge in [0.15, 0.2) is 0 Å². The van der Waals surface area contributed by atoms with Crippen molar-refractivity contribution in [1.29, 1.82) is 0 Å². The number of benzene rings is 1. The van der Waals surface area contributed by atoms with Gasteiger partial charge in [0.1, 0.15) is 12.1 Å². The number of aryl methyl sites for hydroxylation is 1. The molecule has 2 aromatic rings. The van der Waals surface area contributed by atoms with Gasteiger partial charge in [-0.2, -0.15) is 0 Å². The Kier molecular flexibility index (Phi) is 9.84. The maximum Gasteiger partial charge on any atom is 0.246 e. The Morgan fingerprint density at radius 3 is 2.33 bits per heavy atom. The summed E-state index contributed by atoms with van der Waals surface area (Å²) >= 11 is 1.54. The van der Waals surface area contributed by atoms with Gasteiger partial charge in [-0.05, 0) is 23.5 Å². The van der Waals surface area contributed by atoms with E-state index in [4.69, 9.17) is 0 Å². The van der Waals surface area contributed by atoms with Crippen molar-refractivity contribution in [2.75, 3.05) is 13.6 Å². The number of carbonyl (C=O) groups is 4. The summed E-state index contributed by atoms with van der Waals surface area (Å²) in [6.45, 7) is 9.13. The van der Waals surface area contributed by atoms with Crippen LogP contribution >= 0.6 is 11.3 Å². The number of aromatic nitrogens is 1. The lowest BCUT2D eigenvalue weighted by Gasteiger charge is -2.35. The maximum atomic E-state index is 13.6. The molecule has 2 heterocycles. The molecule has 1 fully saturated rings. The molecule has 0 spiro atoms. The average Bonchev–Trinajstić information content (AvgIpc) is 3.50. The first kappa shape index (κ1) is 30.2. The van der Waals surface area contributed by atoms with Gasteiger partial charge in [0, 0.05) is 26.4 Å². The van der Waals surface area contributed by atoms with E-state index in [0.29, 0.717) is 0 Å². The monoisotopic (exact) mass is 557 g/mol. The molecule has 0 bridgehead atoms. The summed E-state index contributed by atoms with van der Waals surface area (Å²) < 4.78 is 0. The second kappa shape index (κ2) is 12.7. The van der Waals surface area contributed by atoms with Crippen LogP contribution in [-0.2, 0) is 19.2 Å². The fourth-order valence-electron chi connectivity index (χ4n) is 4.64. The molecule has 1 aliphatic heterocycles. The lowest BCUT2D eigenvalue weighted by atomic mass is 9.85. The number of hydrogen-bond acceptors (Lipinski definition) is 7. The number of β-amino-alcohol motifs (C(OH)–C–C–N with tert-alkyl or cyclic N) is 1. The number of nitrogens with zero attached hydrogens (tertiary/aromatic N) is 2. The fourth-order valence-corrected chi connectivity index (χ4v) is 5.45. The minimum absolute atomic E-state index is 0.00155. The molecule has 4 N–H and O–H groups in total. The van der Waals surface area contributed by atoms with E-state index in [2.05, 4.69) is 20.9 Å². The zero-order chi connectivity index (χ0) is 28.9. The standard InChI is InChI=1S/C28H39N5O5S/c1-7-22(35)32-25(28(3,4)5)27(38)33-14-19(34)12-21(33)26(37)31-20(13-23(36)29-6)17-8-10-18(11-9-17)24-16(2)30-15-39-24/h8-11,15,19-21,25,34H,7,12-14H2,1-6H3,(H,29,36)(H,31,37)(H,32,35)/t19-,20+,21+,25-/m1/s1. The van der Waals surface area contributed by atoms with Gasteiger partial charge in [0.25, 0.3) is 0 Å². The van der Waals surface area contributed by atoms with E-state index in [9.17, 15) is 24.3 Å². The second-order valence-corrected chi connectivity index (χ2v) is 11.8. The first-order valence-electron chi connectivity index (χ1n) is 13.1. The summed E-state index contributed by atoms with van der Waals surface area (Å²) in [5.41, 5.74) is 3.82. The highest BCUT2D eigenvalue weighted by atomic mass is 32.1. The van der Waals surface area contributed by atoms with Crippen LogP contribution in [0.1, 0.15) is 64.3 Å². The van der Waals surface area contributed by atoms with E-state index in [1.54, 1.807) is 12.4 Å². The van der Waals surface area contributed by atoms with Crippen molar-refractivity contribution >= 4 is 35.0 Å². The highest BCUT2D eigenvalue weighted by molar-refractivity contribution is 7.13. The molecule has 4 amide bonds. The number of amides is 4. The van der Waals surface area contributed by atoms with Crippen molar-refractivity contribution in [2.45, 2.75) is 78.1 Å². The van der Waals surface area contributed by atoms with Crippen LogP contribution in [0.2, 0.25) is 0 Å². The molecule has 1 saturated heterocycles. The van der Waals surface area contributed by atoms with Gasteiger partial charge in [0.05, 0.1) is 34.6 Å². The van der Waals surface area contributed by atoms with E-state index < -0.39 is 41.5 Å². The molecule has 11 heteroatoms. The molecule has 1 aromatic heterocycles. The normalized spacial score (nSPS) is 18.8. The molecule has 39 heavy (non-hydrogen) atoms. The van der Waals surface area contributed by atoms with Crippen LogP contribution in [0.3, 0.4) is 0 Å². The number of hydrogen-bond donors (Lipinski definition) is 4. The van der Waals surface area contributed by atoms with Crippen molar-refractivity contribution in [2.24, 2.45) is 5.41 Å². The molecule has 0 aliphatic carbocycles. The zero-order valence-corrected chi connectivity index (χ0v) is 24.2. The molecular formula is C28H39N5O5S. The van der Waals surface area contributed by atoms with Crippen LogP contribution < -0.4 is 16.0 Å². The zero-order valence-electron chi connectivity index (χ0n) is 23.4. The van der Waals surface area contributed by atoms with Crippen LogP contribution in [0.25, 0.3) is 10.4 Å². The molecule has 1 aromatic carbocycles. The topological polar surface area (TPSA) is 141 Å². The number of likely N-dealkylation sites (tertiary alicyclic amines) is 1. The summed E-state index contributed by atoms with van der Waals surface area (Å²) in [5.74, 6) is -1.41. The van der Waals surface area contributed by atoms with Gasteiger partial charge in [-0.15, -0.1) is 11.3 Å². The molecule has 3 rings (SSSR count). The molecule has 212 valence electrons. The molecule has 0 radical (unpaired) electrons. The highest BCUT2D eigenvalue weighted by Crippen LogP contribution is 2.30. The third-order valence-corrected chi connectivity index (χ3v) is 7.89. The Morgan fingerprint density at radius 1 is 1.13 bits per heavy atom. The minimum Gasteiger partial charge on any atom is -0.391 e. The van der Waals surface area contributed by atoms with E-state index in [-0.39, 0.29) is 37.6 Å². The molecule has 0 unspecified atom stereocenters. The fraction of sp³-hybridized carbons (Fsp3) is 0.536. The molecule has 10 nitrogen and oxygen atoms in total. The van der Waals surface area contributed by atoms with Crippen LogP contribution in [-0.4, -0.2) is 70.4 Å². The van der Waals surface area contributed by atoms with Crippen LogP contribution in [0.15, 0.2) is 29.8 Å². The summed E-state index contributed by atoms with van der Waals surface area (Å²) in [5, 5.41) is 18.7. The van der Waals surface area contributed by atoms with Crippen molar-refractivity contribution in [3.63, 3.8) is 0 Å². The molecule has 0 saturated carbocycles. The third-order valence-electron chi connectivity index (χ3n) is 6.91. The van der Waals surface area contributed by atoms with Gasteiger partial charge < -0.3 is 26.0 Å². The second-order valence-electron chi connectivity index (χ2n) is 10.9. The number of aliphatic hydroxyl groups is 1. The van der Waals surface area contributed by atoms with Crippen LogP contribution in [0, 0.1) is 12.3 Å². The lowest BCUT2D eigenvalue weighted by Crippen LogP contribution is -2.57. The summed E-state index contributed by atoms with van der Waals surface area (Å²) in [4.78, 5) is 58.4. The van der Waals surface area contributed by atoms with E-state index in [1.807, 2.05) is 52.0 Å². The van der Waals surface area contributed by atoms with Gasteiger partial charge in [-0.25, -0.2) is 4.98 Å². The largest absolute Gasteiger partial charge is 0.391 e. The Morgan fingerprint density at radius 2 is 1.79 bits per heavy atom. The predicted molar refractivity (Wildman–Crippen MR) is 150 cm³/mol.